The van der Waals surface area contributed by atoms with Gasteiger partial charge in [0, 0.05) is 5.02 Å². The van der Waals surface area contributed by atoms with Crippen LogP contribution in [0.5, 0.6) is 0 Å². The van der Waals surface area contributed by atoms with Gasteiger partial charge in [-0.2, -0.15) is 5.01 Å². The Morgan fingerprint density at radius 2 is 1.90 bits per heavy atom. The number of nitrogens with two attached hydrogens (primary N) is 1. The molecule has 2 rings (SSSR count). The number of carbonyl (C=O) groups excluding carboxylic acids is 3. The number of benzene rings is 1. The first-order valence-corrected chi connectivity index (χ1v) is 5.96. The quantitative estimate of drug-likeness (QED) is 0.371. The summed E-state index contributed by atoms with van der Waals surface area (Å²) in [6.07, 6.45) is 4.39. The molecule has 0 atom stereocenters. The zero-order chi connectivity index (χ0) is 14.7. The molecule has 0 saturated carbocycles. The second kappa shape index (κ2) is 5.68. The minimum absolute atomic E-state index is 0.226. The molecule has 0 radical (unpaired) electrons. The van der Waals surface area contributed by atoms with Gasteiger partial charge in [0.1, 0.15) is 5.57 Å². The highest BCUT2D eigenvalue weighted by Crippen LogP contribution is 2.16. The van der Waals surface area contributed by atoms with Crippen LogP contribution in [0.4, 0.5) is 4.79 Å². The molecule has 1 aliphatic rings. The number of hydrazine groups is 1. The van der Waals surface area contributed by atoms with Crippen LogP contribution in [0, 0.1) is 0 Å². The van der Waals surface area contributed by atoms with Gasteiger partial charge in [-0.1, -0.05) is 42.0 Å². The van der Waals surface area contributed by atoms with E-state index in [0.717, 1.165) is 5.56 Å². The van der Waals surface area contributed by atoms with Crippen LogP contribution in [0.25, 0.3) is 6.08 Å². The second-order valence-electron chi connectivity index (χ2n) is 3.90. The molecule has 0 aromatic heterocycles. The van der Waals surface area contributed by atoms with Gasteiger partial charge >= 0.3 is 6.03 Å². The summed E-state index contributed by atoms with van der Waals surface area (Å²) in [4.78, 5) is 34.2. The monoisotopic (exact) mass is 291 g/mol. The summed E-state index contributed by atoms with van der Waals surface area (Å²) < 4.78 is 0. The summed E-state index contributed by atoms with van der Waals surface area (Å²) in [5.74, 6) is 3.57. The Bertz CT molecular complexity index is 652. The van der Waals surface area contributed by atoms with Gasteiger partial charge in [-0.15, -0.1) is 0 Å². The molecule has 20 heavy (non-hydrogen) atoms. The lowest BCUT2D eigenvalue weighted by Crippen LogP contribution is -2.57. The predicted molar refractivity (Wildman–Crippen MR) is 73.1 cm³/mol. The van der Waals surface area contributed by atoms with Crippen LogP contribution >= 0.6 is 11.6 Å². The number of allylic oxidation sites excluding steroid dienone is 2. The molecule has 1 aromatic rings. The number of halogens is 1. The summed E-state index contributed by atoms with van der Waals surface area (Å²) in [6.45, 7) is 0. The molecule has 3 N–H and O–H groups in total. The van der Waals surface area contributed by atoms with Gasteiger partial charge < -0.3 is 0 Å². The number of nitrogens with zero attached hydrogens (tertiary/aromatic N) is 1. The Kier molecular flexibility index (Phi) is 3.97. The van der Waals surface area contributed by atoms with E-state index in [1.807, 2.05) is 5.32 Å². The minimum atomic E-state index is -0.952. The van der Waals surface area contributed by atoms with E-state index < -0.39 is 17.8 Å². The van der Waals surface area contributed by atoms with E-state index in [9.17, 15) is 14.4 Å². The lowest BCUT2D eigenvalue weighted by molar-refractivity contribution is -0.130. The zero-order valence-corrected chi connectivity index (χ0v) is 10.9. The number of carbonyl (C=O) groups is 3. The second-order valence-corrected chi connectivity index (χ2v) is 4.30. The smallest absolute Gasteiger partial charge is 0.272 e. The van der Waals surface area contributed by atoms with Gasteiger partial charge in [0.2, 0.25) is 0 Å². The number of hydrogen-bond acceptors (Lipinski definition) is 4. The largest absolute Gasteiger partial charge is 0.345 e. The summed E-state index contributed by atoms with van der Waals surface area (Å²) in [6, 6.07) is 6.13. The predicted octanol–water partition coefficient (Wildman–Crippen LogP) is 1.23. The Balaban J connectivity index is 2.23. The normalized spacial score (nSPS) is 18.0. The van der Waals surface area contributed by atoms with Crippen molar-refractivity contribution in [1.29, 1.82) is 0 Å². The highest BCUT2D eigenvalue weighted by atomic mass is 35.5. The number of imide groups is 2. The van der Waals surface area contributed by atoms with Gasteiger partial charge in [0.15, 0.2) is 0 Å². The summed E-state index contributed by atoms with van der Waals surface area (Å²) in [5.41, 5.74) is 0.505. The van der Waals surface area contributed by atoms with Crippen molar-refractivity contribution in [2.45, 2.75) is 0 Å². The molecule has 0 unspecified atom stereocenters. The molecule has 0 bridgehead atoms. The molecule has 1 aromatic carbocycles. The van der Waals surface area contributed by atoms with Crippen molar-refractivity contribution in [3.8, 4) is 0 Å². The molecule has 1 aliphatic heterocycles. The Labute approximate surface area is 119 Å². The molecule has 6 nitrogen and oxygen atoms in total. The minimum Gasteiger partial charge on any atom is -0.272 e. The van der Waals surface area contributed by atoms with E-state index in [1.54, 1.807) is 30.3 Å². The average molecular weight is 292 g/mol. The van der Waals surface area contributed by atoms with Crippen molar-refractivity contribution in [2.24, 2.45) is 5.84 Å². The molecule has 0 spiro atoms. The number of hydrogen-bond donors (Lipinski definition) is 2. The highest BCUT2D eigenvalue weighted by molar-refractivity contribution is 6.32. The van der Waals surface area contributed by atoms with Crippen LogP contribution in [0.3, 0.4) is 0 Å². The number of nitrogens with one attached hydrogen (secondary N) is 1. The third kappa shape index (κ3) is 2.76. The highest BCUT2D eigenvalue weighted by Gasteiger charge is 2.33. The molecular weight excluding hydrogens is 282 g/mol. The standard InChI is InChI=1S/C13H10ClN3O3/c14-10-7-2-1-4-8(10)5-3-6-9-11(18)16-13(20)17(15)12(9)19/h1-7H,15H2,(H,16,18,20)/b5-3+,9-6-. The average Bonchev–Trinajstić information content (AvgIpc) is 2.42. The Morgan fingerprint density at radius 1 is 1.20 bits per heavy atom. The number of rotatable bonds is 2. The maximum atomic E-state index is 11.6. The summed E-state index contributed by atoms with van der Waals surface area (Å²) in [5, 5.41) is 2.83. The summed E-state index contributed by atoms with van der Waals surface area (Å²) in [7, 11) is 0. The first kappa shape index (κ1) is 14.0. The molecular formula is C13H10ClN3O3. The first-order chi connectivity index (χ1) is 9.50. The third-order valence-corrected chi connectivity index (χ3v) is 2.92. The molecule has 1 heterocycles. The van der Waals surface area contributed by atoms with Crippen LogP contribution in [0.1, 0.15) is 5.56 Å². The molecule has 7 heteroatoms. The van der Waals surface area contributed by atoms with E-state index in [0.29, 0.717) is 10.0 Å². The van der Waals surface area contributed by atoms with Gasteiger partial charge in [0.05, 0.1) is 0 Å². The van der Waals surface area contributed by atoms with Crippen LogP contribution in [-0.2, 0) is 9.59 Å². The van der Waals surface area contributed by atoms with Crippen LogP contribution in [-0.4, -0.2) is 22.9 Å². The van der Waals surface area contributed by atoms with Crippen LogP contribution in [0.15, 0.2) is 42.0 Å². The Morgan fingerprint density at radius 3 is 2.60 bits per heavy atom. The fraction of sp³-hybridized carbons (Fsp3) is 0. The van der Waals surface area contributed by atoms with Crippen LogP contribution < -0.4 is 11.2 Å². The van der Waals surface area contributed by atoms with Gasteiger partial charge in [0.25, 0.3) is 11.8 Å². The molecule has 1 fully saturated rings. The molecule has 102 valence electrons. The van der Waals surface area contributed by atoms with E-state index in [2.05, 4.69) is 0 Å². The van der Waals surface area contributed by atoms with Crippen molar-refractivity contribution < 1.29 is 14.4 Å². The van der Waals surface area contributed by atoms with E-state index in [4.69, 9.17) is 17.4 Å². The zero-order valence-electron chi connectivity index (χ0n) is 10.2. The van der Waals surface area contributed by atoms with E-state index >= 15 is 0 Å². The maximum absolute atomic E-state index is 11.6. The number of amides is 4. The van der Waals surface area contributed by atoms with E-state index in [-0.39, 0.29) is 5.57 Å². The van der Waals surface area contributed by atoms with Gasteiger partial charge in [-0.3, -0.25) is 14.9 Å². The molecule has 4 amide bonds. The summed E-state index contributed by atoms with van der Waals surface area (Å²) >= 11 is 5.95. The van der Waals surface area contributed by atoms with E-state index in [1.165, 1.54) is 12.2 Å². The van der Waals surface area contributed by atoms with Crippen molar-refractivity contribution in [3.63, 3.8) is 0 Å². The number of barbiturate groups is 1. The number of urea groups is 1. The first-order valence-electron chi connectivity index (χ1n) is 5.58. The fourth-order valence-electron chi connectivity index (χ4n) is 1.55. The Hall–Kier alpha value is -2.44. The molecule has 0 aliphatic carbocycles. The third-order valence-electron chi connectivity index (χ3n) is 2.58. The van der Waals surface area contributed by atoms with Crippen LogP contribution in [0.2, 0.25) is 5.02 Å². The van der Waals surface area contributed by atoms with Gasteiger partial charge in [-0.05, 0) is 17.7 Å². The van der Waals surface area contributed by atoms with Crippen molar-refractivity contribution in [2.75, 3.05) is 0 Å². The lowest BCUT2D eigenvalue weighted by atomic mass is 10.1. The van der Waals surface area contributed by atoms with Crippen molar-refractivity contribution >= 4 is 35.5 Å². The topological polar surface area (TPSA) is 92.5 Å². The lowest BCUT2D eigenvalue weighted by Gasteiger charge is -2.21. The molecule has 1 saturated heterocycles. The van der Waals surface area contributed by atoms with Crippen molar-refractivity contribution in [3.05, 3.63) is 52.6 Å². The van der Waals surface area contributed by atoms with Crippen molar-refractivity contribution in [1.82, 2.24) is 10.3 Å². The fourth-order valence-corrected chi connectivity index (χ4v) is 1.75. The maximum Gasteiger partial charge on any atom is 0.345 e. The SMILES string of the molecule is NN1C(=O)NC(=O)/C(=C/C=C/c2ccccc2Cl)C1=O. The van der Waals surface area contributed by atoms with Gasteiger partial charge in [-0.25, -0.2) is 10.6 Å².